The highest BCUT2D eigenvalue weighted by molar-refractivity contribution is 5.44. The molecule has 0 saturated heterocycles. The topological polar surface area (TPSA) is 63.4 Å². The van der Waals surface area contributed by atoms with Gasteiger partial charge < -0.3 is 5.11 Å². The van der Waals surface area contributed by atoms with Crippen molar-refractivity contribution in [2.75, 3.05) is 0 Å². The summed E-state index contributed by atoms with van der Waals surface area (Å²) in [4.78, 5) is 9.54. The molecule has 0 unspecified atom stereocenters. The lowest BCUT2D eigenvalue weighted by atomic mass is 10.0. The van der Waals surface area contributed by atoms with E-state index in [4.69, 9.17) is 5.11 Å². The summed E-state index contributed by atoms with van der Waals surface area (Å²) < 4.78 is 36.7. The third-order valence-corrected chi connectivity index (χ3v) is 1.98. The minimum atomic E-state index is -4.92. The number of aliphatic hydroxyl groups is 1. The van der Waals surface area contributed by atoms with E-state index in [0.29, 0.717) is 5.56 Å². The van der Waals surface area contributed by atoms with Crippen LogP contribution in [0.4, 0.5) is 18.9 Å². The van der Waals surface area contributed by atoms with Crippen LogP contribution in [0.25, 0.3) is 0 Å². The van der Waals surface area contributed by atoms with Gasteiger partial charge in [-0.05, 0) is 13.0 Å². The minimum Gasteiger partial charge on any atom is -0.379 e. The summed E-state index contributed by atoms with van der Waals surface area (Å²) in [6.07, 6.45) is -7.76. The molecule has 0 heterocycles. The van der Waals surface area contributed by atoms with E-state index in [1.165, 1.54) is 13.0 Å². The van der Waals surface area contributed by atoms with Crippen LogP contribution in [0.2, 0.25) is 0 Å². The first-order valence-electron chi connectivity index (χ1n) is 4.23. The number of rotatable bonds is 2. The van der Waals surface area contributed by atoms with Crippen LogP contribution in [-0.2, 0) is 0 Å². The third kappa shape index (κ3) is 2.48. The van der Waals surface area contributed by atoms with E-state index in [1.807, 2.05) is 0 Å². The van der Waals surface area contributed by atoms with Crippen molar-refractivity contribution in [1.29, 1.82) is 0 Å². The van der Waals surface area contributed by atoms with Crippen LogP contribution in [0.1, 0.15) is 17.2 Å². The molecule has 1 atom stereocenters. The Hall–Kier alpha value is -1.63. The molecule has 0 bridgehead atoms. The van der Waals surface area contributed by atoms with Crippen LogP contribution >= 0.6 is 0 Å². The number of nitro benzene ring substituents is 1. The largest absolute Gasteiger partial charge is 0.418 e. The zero-order valence-electron chi connectivity index (χ0n) is 8.15. The molecule has 1 rings (SSSR count). The Bertz CT molecular complexity index is 417. The summed E-state index contributed by atoms with van der Waals surface area (Å²) in [7, 11) is 0. The highest BCUT2D eigenvalue weighted by Gasteiger charge is 2.42. The van der Waals surface area contributed by atoms with E-state index < -0.39 is 28.5 Å². The molecule has 0 radical (unpaired) electrons. The van der Waals surface area contributed by atoms with Gasteiger partial charge in [-0.25, -0.2) is 0 Å². The summed E-state index contributed by atoms with van der Waals surface area (Å²) in [5, 5.41) is 19.5. The minimum absolute atomic E-state index is 0.406. The maximum absolute atomic E-state index is 12.2. The molecule has 0 fully saturated rings. The smallest absolute Gasteiger partial charge is 0.379 e. The predicted octanol–water partition coefficient (Wildman–Crippen LogP) is 2.50. The van der Waals surface area contributed by atoms with Crippen molar-refractivity contribution in [3.8, 4) is 0 Å². The van der Waals surface area contributed by atoms with Gasteiger partial charge in [-0.2, -0.15) is 13.2 Å². The van der Waals surface area contributed by atoms with Crippen LogP contribution in [-0.4, -0.2) is 16.2 Å². The van der Waals surface area contributed by atoms with Crippen molar-refractivity contribution in [2.24, 2.45) is 0 Å². The summed E-state index contributed by atoms with van der Waals surface area (Å²) in [5.74, 6) is 0. The Morgan fingerprint density at radius 1 is 1.44 bits per heavy atom. The Balaban J connectivity index is 3.30. The van der Waals surface area contributed by atoms with E-state index in [-0.39, 0.29) is 0 Å². The van der Waals surface area contributed by atoms with Crippen molar-refractivity contribution in [1.82, 2.24) is 0 Å². The average Bonchev–Trinajstić information content (AvgIpc) is 2.14. The first kappa shape index (κ1) is 12.4. The summed E-state index contributed by atoms with van der Waals surface area (Å²) in [5.41, 5.74) is -1.07. The van der Waals surface area contributed by atoms with E-state index >= 15 is 0 Å². The molecule has 0 aliphatic carbocycles. The van der Waals surface area contributed by atoms with Gasteiger partial charge in [0.25, 0.3) is 5.69 Å². The lowest BCUT2D eigenvalue weighted by Crippen LogP contribution is -2.21. The normalized spacial score (nSPS) is 13.6. The average molecular weight is 235 g/mol. The molecule has 0 aliphatic heterocycles. The van der Waals surface area contributed by atoms with Crippen molar-refractivity contribution < 1.29 is 23.2 Å². The fraction of sp³-hybridized carbons (Fsp3) is 0.333. The second kappa shape index (κ2) is 4.09. The van der Waals surface area contributed by atoms with Gasteiger partial charge in [0.15, 0.2) is 6.10 Å². The Kier molecular flexibility index (Phi) is 3.18. The third-order valence-electron chi connectivity index (χ3n) is 1.98. The van der Waals surface area contributed by atoms with Crippen molar-refractivity contribution in [3.63, 3.8) is 0 Å². The number of aryl methyl sites for hydroxylation is 1. The molecule has 1 N–H and O–H groups in total. The highest BCUT2D eigenvalue weighted by atomic mass is 19.4. The number of halogens is 3. The quantitative estimate of drug-likeness (QED) is 0.632. The molecular formula is C9H8F3NO3. The van der Waals surface area contributed by atoms with Gasteiger partial charge in [0.05, 0.1) is 10.5 Å². The molecule has 88 valence electrons. The molecule has 16 heavy (non-hydrogen) atoms. The first-order chi connectivity index (χ1) is 7.23. The summed E-state index contributed by atoms with van der Waals surface area (Å²) >= 11 is 0. The number of aliphatic hydroxyl groups excluding tert-OH is 1. The molecule has 0 amide bonds. The number of hydrogen-bond acceptors (Lipinski definition) is 3. The van der Waals surface area contributed by atoms with Crippen LogP contribution in [0.15, 0.2) is 18.2 Å². The molecular weight excluding hydrogens is 227 g/mol. The maximum Gasteiger partial charge on any atom is 0.418 e. The second-order valence-corrected chi connectivity index (χ2v) is 3.26. The molecule has 0 aromatic heterocycles. The van der Waals surface area contributed by atoms with Crippen LogP contribution < -0.4 is 0 Å². The van der Waals surface area contributed by atoms with Crippen LogP contribution in [0, 0.1) is 17.0 Å². The van der Waals surface area contributed by atoms with Gasteiger partial charge in [0.2, 0.25) is 0 Å². The summed E-state index contributed by atoms with van der Waals surface area (Å²) in [6.45, 7) is 1.48. The molecule has 0 aliphatic rings. The molecule has 1 aromatic carbocycles. The van der Waals surface area contributed by atoms with E-state index in [0.717, 1.165) is 12.1 Å². The monoisotopic (exact) mass is 235 g/mol. The molecule has 1 aromatic rings. The van der Waals surface area contributed by atoms with Gasteiger partial charge in [0, 0.05) is 6.07 Å². The van der Waals surface area contributed by atoms with Crippen LogP contribution in [0.3, 0.4) is 0 Å². The van der Waals surface area contributed by atoms with Gasteiger partial charge in [-0.15, -0.1) is 0 Å². The summed E-state index contributed by atoms with van der Waals surface area (Å²) in [6, 6.07) is 3.21. The fourth-order valence-corrected chi connectivity index (χ4v) is 1.24. The highest BCUT2D eigenvalue weighted by Crippen LogP contribution is 2.37. The molecule has 4 nitrogen and oxygen atoms in total. The number of alkyl halides is 3. The zero-order valence-corrected chi connectivity index (χ0v) is 8.15. The standard InChI is InChI=1S/C9H8F3NO3/c1-5-2-3-7(13(15)16)6(4-5)8(14)9(10,11)12/h2-4,8,14H,1H3/t8-/m1/s1. The number of nitrogens with zero attached hydrogens (tertiary/aromatic N) is 1. The number of nitro groups is 1. The van der Waals surface area contributed by atoms with E-state index in [2.05, 4.69) is 0 Å². The lowest BCUT2D eigenvalue weighted by Gasteiger charge is -2.15. The number of hydrogen-bond donors (Lipinski definition) is 1. The lowest BCUT2D eigenvalue weighted by molar-refractivity contribution is -0.387. The zero-order chi connectivity index (χ0) is 12.5. The Morgan fingerprint density at radius 3 is 2.44 bits per heavy atom. The maximum atomic E-state index is 12.2. The molecule has 0 saturated carbocycles. The predicted molar refractivity (Wildman–Crippen MR) is 48.8 cm³/mol. The van der Waals surface area contributed by atoms with Gasteiger partial charge in [0.1, 0.15) is 0 Å². The SMILES string of the molecule is Cc1ccc([N+](=O)[O-])c([C@@H](O)C(F)(F)F)c1. The van der Waals surface area contributed by atoms with Crippen molar-refractivity contribution >= 4 is 5.69 Å². The molecule has 7 heteroatoms. The van der Waals surface area contributed by atoms with E-state index in [1.54, 1.807) is 0 Å². The number of benzene rings is 1. The fourth-order valence-electron chi connectivity index (χ4n) is 1.24. The van der Waals surface area contributed by atoms with Crippen molar-refractivity contribution in [3.05, 3.63) is 39.4 Å². The first-order valence-corrected chi connectivity index (χ1v) is 4.23. The molecule has 0 spiro atoms. The Labute approximate surface area is 88.5 Å². The van der Waals surface area contributed by atoms with Crippen molar-refractivity contribution in [2.45, 2.75) is 19.2 Å². The Morgan fingerprint density at radius 2 is 2.00 bits per heavy atom. The van der Waals surface area contributed by atoms with E-state index in [9.17, 15) is 23.3 Å². The van der Waals surface area contributed by atoms with Gasteiger partial charge >= 0.3 is 6.18 Å². The second-order valence-electron chi connectivity index (χ2n) is 3.26. The van der Waals surface area contributed by atoms with Gasteiger partial charge in [-0.1, -0.05) is 11.6 Å². The van der Waals surface area contributed by atoms with Gasteiger partial charge in [-0.3, -0.25) is 10.1 Å². The van der Waals surface area contributed by atoms with Crippen LogP contribution in [0.5, 0.6) is 0 Å².